The maximum atomic E-state index is 5.44. The lowest BCUT2D eigenvalue weighted by Gasteiger charge is -2.06. The van der Waals surface area contributed by atoms with Crippen LogP contribution in [0.25, 0.3) is 0 Å². The second kappa shape index (κ2) is 6.82. The molecule has 0 unspecified atom stereocenters. The molecule has 2 nitrogen and oxygen atoms in total. The highest BCUT2D eigenvalue weighted by Crippen LogP contribution is 2.15. The molecule has 2 N–H and O–H groups in total. The Balaban J connectivity index is 2.71. The van der Waals surface area contributed by atoms with E-state index in [4.69, 9.17) is 5.84 Å². The van der Waals surface area contributed by atoms with Crippen molar-refractivity contribution in [3.05, 3.63) is 33.4 Å². The Morgan fingerprint density at radius 2 is 2.07 bits per heavy atom. The van der Waals surface area contributed by atoms with Gasteiger partial charge in [0.25, 0.3) is 0 Å². The molecule has 0 amide bonds. The van der Waals surface area contributed by atoms with Gasteiger partial charge in [-0.25, -0.2) is 0 Å². The Bertz CT molecular complexity index is 334. The molecule has 1 rings (SSSR count). The summed E-state index contributed by atoms with van der Waals surface area (Å²) in [6, 6.07) is 8.23. The highest BCUT2D eigenvalue weighted by atomic mass is 127. The van der Waals surface area contributed by atoms with Crippen molar-refractivity contribution < 1.29 is 0 Å². The van der Waals surface area contributed by atoms with Crippen LogP contribution in [0.2, 0.25) is 0 Å². The maximum Gasteiger partial charge on any atom is 0.0683 e. The van der Waals surface area contributed by atoms with Crippen LogP contribution in [0.1, 0.15) is 38.2 Å². The van der Waals surface area contributed by atoms with E-state index in [0.717, 1.165) is 18.6 Å². The van der Waals surface area contributed by atoms with Gasteiger partial charge in [-0.05, 0) is 41.5 Å². The number of halogens is 1. The van der Waals surface area contributed by atoms with Gasteiger partial charge in [-0.15, -0.1) is 0 Å². The lowest BCUT2D eigenvalue weighted by Crippen LogP contribution is -2.06. The zero-order valence-electron chi connectivity index (χ0n) is 9.04. The molecule has 0 atom stereocenters. The summed E-state index contributed by atoms with van der Waals surface area (Å²) in [5.41, 5.74) is 2.20. The van der Waals surface area contributed by atoms with E-state index in [2.05, 4.69) is 46.7 Å². The normalized spacial score (nSPS) is 11.7. The average Bonchev–Trinajstić information content (AvgIpc) is 2.26. The SMILES string of the molecule is CCCCC/C(=N\N)c1ccccc1I. The van der Waals surface area contributed by atoms with Gasteiger partial charge in [-0.3, -0.25) is 0 Å². The van der Waals surface area contributed by atoms with Crippen molar-refractivity contribution in [2.45, 2.75) is 32.6 Å². The van der Waals surface area contributed by atoms with E-state index in [-0.39, 0.29) is 0 Å². The third-order valence-corrected chi connectivity index (χ3v) is 3.30. The van der Waals surface area contributed by atoms with E-state index in [1.807, 2.05) is 12.1 Å². The molecule has 0 bridgehead atoms. The minimum atomic E-state index is 0.977. The number of unbranched alkanes of at least 4 members (excludes halogenated alkanes) is 2. The standard InChI is InChI=1S/C12H17IN2/c1-2-3-4-9-12(15-14)10-7-5-6-8-11(10)13/h5-8H,2-4,9,14H2,1H3/b15-12+. The van der Waals surface area contributed by atoms with Gasteiger partial charge < -0.3 is 5.84 Å². The Hall–Kier alpha value is -0.580. The zero-order chi connectivity index (χ0) is 11.1. The number of hydrogen-bond donors (Lipinski definition) is 1. The van der Waals surface area contributed by atoms with Crippen LogP contribution < -0.4 is 5.84 Å². The minimum absolute atomic E-state index is 0.977. The molecule has 0 saturated heterocycles. The summed E-state index contributed by atoms with van der Waals surface area (Å²) in [7, 11) is 0. The molecule has 0 heterocycles. The highest BCUT2D eigenvalue weighted by Gasteiger charge is 2.06. The third-order valence-electron chi connectivity index (χ3n) is 2.36. The second-order valence-electron chi connectivity index (χ2n) is 3.51. The van der Waals surface area contributed by atoms with Crippen LogP contribution in [0.5, 0.6) is 0 Å². The molecule has 1 aromatic carbocycles. The van der Waals surface area contributed by atoms with Crippen molar-refractivity contribution in [1.29, 1.82) is 0 Å². The van der Waals surface area contributed by atoms with Crippen LogP contribution in [0, 0.1) is 3.57 Å². The van der Waals surface area contributed by atoms with E-state index in [9.17, 15) is 0 Å². The van der Waals surface area contributed by atoms with Gasteiger partial charge in [0, 0.05) is 9.13 Å². The molecular formula is C12H17IN2. The van der Waals surface area contributed by atoms with Crippen LogP contribution in [0.4, 0.5) is 0 Å². The summed E-state index contributed by atoms with van der Waals surface area (Å²) in [4.78, 5) is 0. The van der Waals surface area contributed by atoms with Gasteiger partial charge in [0.05, 0.1) is 5.71 Å². The summed E-state index contributed by atoms with van der Waals surface area (Å²) in [6.07, 6.45) is 4.61. The zero-order valence-corrected chi connectivity index (χ0v) is 11.2. The van der Waals surface area contributed by atoms with Crippen molar-refractivity contribution in [2.24, 2.45) is 10.9 Å². The molecule has 0 aliphatic heterocycles. The fraction of sp³-hybridized carbons (Fsp3) is 0.417. The fourth-order valence-electron chi connectivity index (χ4n) is 1.51. The third kappa shape index (κ3) is 3.81. The van der Waals surface area contributed by atoms with Crippen molar-refractivity contribution in [3.63, 3.8) is 0 Å². The summed E-state index contributed by atoms with van der Waals surface area (Å²) < 4.78 is 1.22. The lowest BCUT2D eigenvalue weighted by atomic mass is 10.0. The number of hydrazone groups is 1. The Kier molecular flexibility index (Phi) is 5.68. The monoisotopic (exact) mass is 316 g/mol. The summed E-state index contributed by atoms with van der Waals surface area (Å²) >= 11 is 2.32. The van der Waals surface area contributed by atoms with Gasteiger partial charge in [-0.2, -0.15) is 5.10 Å². The van der Waals surface area contributed by atoms with E-state index in [1.165, 1.54) is 22.0 Å². The Morgan fingerprint density at radius 3 is 2.67 bits per heavy atom. The first kappa shape index (κ1) is 12.5. The fourth-order valence-corrected chi connectivity index (χ4v) is 2.21. The van der Waals surface area contributed by atoms with Crippen molar-refractivity contribution in [3.8, 4) is 0 Å². The van der Waals surface area contributed by atoms with Crippen LogP contribution in [0.15, 0.2) is 29.4 Å². The van der Waals surface area contributed by atoms with E-state index < -0.39 is 0 Å². The predicted octanol–water partition coefficient (Wildman–Crippen LogP) is 3.53. The molecule has 82 valence electrons. The number of nitrogens with zero attached hydrogens (tertiary/aromatic N) is 1. The largest absolute Gasteiger partial charge is 0.323 e. The molecule has 0 saturated carbocycles. The molecule has 3 heteroatoms. The van der Waals surface area contributed by atoms with Crippen LogP contribution in [0.3, 0.4) is 0 Å². The summed E-state index contributed by atoms with van der Waals surface area (Å²) in [5, 5.41) is 3.90. The molecule has 0 aliphatic carbocycles. The van der Waals surface area contributed by atoms with E-state index in [1.54, 1.807) is 0 Å². The number of hydrogen-bond acceptors (Lipinski definition) is 2. The van der Waals surface area contributed by atoms with Gasteiger partial charge in [-0.1, -0.05) is 38.0 Å². The molecule has 0 fully saturated rings. The summed E-state index contributed by atoms with van der Waals surface area (Å²) in [6.45, 7) is 2.20. The Labute approximate surface area is 105 Å². The molecule has 15 heavy (non-hydrogen) atoms. The highest BCUT2D eigenvalue weighted by molar-refractivity contribution is 14.1. The van der Waals surface area contributed by atoms with E-state index in [0.29, 0.717) is 0 Å². The number of rotatable bonds is 5. The molecule has 0 aromatic heterocycles. The quantitative estimate of drug-likeness (QED) is 0.291. The lowest BCUT2D eigenvalue weighted by molar-refractivity contribution is 0.741. The number of nitrogens with two attached hydrogens (primary N) is 1. The molecular weight excluding hydrogens is 299 g/mol. The van der Waals surface area contributed by atoms with Gasteiger partial charge in [0.1, 0.15) is 0 Å². The first-order chi connectivity index (χ1) is 7.29. The smallest absolute Gasteiger partial charge is 0.0683 e. The molecule has 0 aliphatic rings. The second-order valence-corrected chi connectivity index (χ2v) is 4.67. The molecule has 1 aromatic rings. The average molecular weight is 316 g/mol. The molecule has 0 radical (unpaired) electrons. The topological polar surface area (TPSA) is 38.4 Å². The first-order valence-corrected chi connectivity index (χ1v) is 6.39. The van der Waals surface area contributed by atoms with Crippen LogP contribution >= 0.6 is 22.6 Å². The maximum absolute atomic E-state index is 5.44. The van der Waals surface area contributed by atoms with Crippen molar-refractivity contribution in [2.75, 3.05) is 0 Å². The van der Waals surface area contributed by atoms with Crippen LogP contribution in [-0.2, 0) is 0 Å². The molecule has 0 spiro atoms. The van der Waals surface area contributed by atoms with Gasteiger partial charge in [0.2, 0.25) is 0 Å². The van der Waals surface area contributed by atoms with E-state index >= 15 is 0 Å². The predicted molar refractivity (Wildman–Crippen MR) is 74.0 cm³/mol. The van der Waals surface area contributed by atoms with Gasteiger partial charge in [0.15, 0.2) is 0 Å². The Morgan fingerprint density at radius 1 is 1.33 bits per heavy atom. The minimum Gasteiger partial charge on any atom is -0.323 e. The van der Waals surface area contributed by atoms with Crippen LogP contribution in [-0.4, -0.2) is 5.71 Å². The van der Waals surface area contributed by atoms with Gasteiger partial charge >= 0.3 is 0 Å². The summed E-state index contributed by atoms with van der Waals surface area (Å²) in [5.74, 6) is 5.44. The number of benzene rings is 1. The van der Waals surface area contributed by atoms with Crippen molar-refractivity contribution in [1.82, 2.24) is 0 Å². The first-order valence-electron chi connectivity index (χ1n) is 5.31. The van der Waals surface area contributed by atoms with Crippen molar-refractivity contribution >= 4 is 28.3 Å².